The monoisotopic (exact) mass is 324 g/mol. The van der Waals surface area contributed by atoms with Crippen LogP contribution in [0.2, 0.25) is 0 Å². The van der Waals surface area contributed by atoms with E-state index in [4.69, 9.17) is 4.74 Å². The first kappa shape index (κ1) is 12.3. The summed E-state index contributed by atoms with van der Waals surface area (Å²) in [5.74, 6) is -0.804. The zero-order valence-electron chi connectivity index (χ0n) is 8.03. The van der Waals surface area contributed by atoms with Gasteiger partial charge >= 0.3 is 6.18 Å². The molecule has 17 heavy (non-hydrogen) atoms. The lowest BCUT2D eigenvalue weighted by Crippen LogP contribution is -2.06. The predicted octanol–water partition coefficient (Wildman–Crippen LogP) is 4.11. The zero-order chi connectivity index (χ0) is 12.5. The minimum absolute atomic E-state index is 0.149. The van der Waals surface area contributed by atoms with Gasteiger partial charge in [-0.15, -0.1) is 0 Å². The van der Waals surface area contributed by atoms with Crippen molar-refractivity contribution in [1.82, 2.24) is 9.36 Å². The minimum atomic E-state index is -4.55. The van der Waals surface area contributed by atoms with Crippen LogP contribution in [-0.2, 0) is 6.18 Å². The van der Waals surface area contributed by atoms with Crippen molar-refractivity contribution in [2.24, 2.45) is 0 Å². The number of hydrogen-bond acceptors (Lipinski definition) is 4. The number of ether oxygens (including phenoxy) is 1. The van der Waals surface area contributed by atoms with E-state index in [2.05, 4.69) is 25.3 Å². The molecule has 0 amide bonds. The summed E-state index contributed by atoms with van der Waals surface area (Å²) in [6.07, 6.45) is -4.55. The van der Waals surface area contributed by atoms with Crippen molar-refractivity contribution in [1.29, 1.82) is 0 Å². The quantitative estimate of drug-likeness (QED) is 0.833. The highest BCUT2D eigenvalue weighted by atomic mass is 79.9. The average Bonchev–Trinajstić information content (AvgIpc) is 2.69. The molecule has 1 heterocycles. The molecule has 90 valence electrons. The smallest absolute Gasteiger partial charge is 0.429 e. The van der Waals surface area contributed by atoms with Crippen molar-refractivity contribution in [2.75, 3.05) is 0 Å². The van der Waals surface area contributed by atoms with Crippen molar-refractivity contribution < 1.29 is 17.9 Å². The van der Waals surface area contributed by atoms with Crippen molar-refractivity contribution in [3.8, 4) is 10.9 Å². The fourth-order valence-corrected chi connectivity index (χ4v) is 1.92. The Balaban J connectivity index is 2.21. The summed E-state index contributed by atoms with van der Waals surface area (Å²) in [6, 6.07) is 6.78. The van der Waals surface area contributed by atoms with Gasteiger partial charge in [0, 0.05) is 11.5 Å². The Morgan fingerprint density at radius 1 is 1.24 bits per heavy atom. The second kappa shape index (κ2) is 4.61. The Labute approximate surface area is 107 Å². The summed E-state index contributed by atoms with van der Waals surface area (Å²) in [5.41, 5.74) is 0. The average molecular weight is 325 g/mol. The van der Waals surface area contributed by atoms with Gasteiger partial charge in [-0.05, 0) is 28.1 Å². The Bertz CT molecular complexity index is 529. The summed E-state index contributed by atoms with van der Waals surface area (Å²) in [5, 5.41) is -0.149. The van der Waals surface area contributed by atoms with Crippen LogP contribution >= 0.6 is 27.5 Å². The molecule has 0 saturated heterocycles. The van der Waals surface area contributed by atoms with Gasteiger partial charge in [0.2, 0.25) is 0 Å². The number of alkyl halides is 3. The van der Waals surface area contributed by atoms with Crippen molar-refractivity contribution in [3.05, 3.63) is 34.6 Å². The molecule has 3 nitrogen and oxygen atoms in total. The summed E-state index contributed by atoms with van der Waals surface area (Å²) >= 11 is 3.77. The third-order valence-corrected chi connectivity index (χ3v) is 2.95. The first-order valence-corrected chi connectivity index (χ1v) is 5.87. The van der Waals surface area contributed by atoms with Crippen LogP contribution in [0.25, 0.3) is 0 Å². The molecule has 2 rings (SSSR count). The number of rotatable bonds is 2. The number of aromatic nitrogens is 2. The normalized spacial score (nSPS) is 11.5. The minimum Gasteiger partial charge on any atom is -0.429 e. The molecule has 8 heteroatoms. The second-order valence-electron chi connectivity index (χ2n) is 2.91. The molecule has 1 aromatic carbocycles. The van der Waals surface area contributed by atoms with Crippen LogP contribution in [0.15, 0.2) is 28.7 Å². The topological polar surface area (TPSA) is 35.0 Å². The largest absolute Gasteiger partial charge is 0.452 e. The highest BCUT2D eigenvalue weighted by Gasteiger charge is 2.36. The molecule has 0 aliphatic rings. The molecule has 0 atom stereocenters. The Hall–Kier alpha value is -1.15. The summed E-state index contributed by atoms with van der Waals surface area (Å²) < 4.78 is 45.7. The van der Waals surface area contributed by atoms with Gasteiger partial charge in [-0.2, -0.15) is 22.5 Å². The van der Waals surface area contributed by atoms with E-state index < -0.39 is 12.0 Å². The molecule has 0 spiro atoms. The molecule has 1 aromatic heterocycles. The van der Waals surface area contributed by atoms with E-state index in [1.807, 2.05) is 0 Å². The Kier molecular flexibility index (Phi) is 3.34. The van der Waals surface area contributed by atoms with E-state index in [-0.39, 0.29) is 5.19 Å². The zero-order valence-corrected chi connectivity index (χ0v) is 10.4. The van der Waals surface area contributed by atoms with Gasteiger partial charge in [0.15, 0.2) is 0 Å². The van der Waals surface area contributed by atoms with Crippen LogP contribution in [0, 0.1) is 0 Å². The molecule has 0 bridgehead atoms. The molecule has 0 fully saturated rings. The molecule has 0 aliphatic carbocycles. The first-order valence-electron chi connectivity index (χ1n) is 4.30. The number of halogens is 4. The van der Waals surface area contributed by atoms with Gasteiger partial charge in [0.25, 0.3) is 11.0 Å². The van der Waals surface area contributed by atoms with Gasteiger partial charge in [0.1, 0.15) is 5.75 Å². The molecule has 0 aliphatic heterocycles. The molecular formula is C9H4BrF3N2OS. The Morgan fingerprint density at radius 2 is 1.94 bits per heavy atom. The fraction of sp³-hybridized carbons (Fsp3) is 0.111. The standard InChI is InChI=1S/C9H4BrF3N2OS/c10-5-3-1-2-4-6(5)16-8-14-7(15-17-8)9(11,12)13/h1-4H. The van der Waals surface area contributed by atoms with E-state index in [1.165, 1.54) is 0 Å². The van der Waals surface area contributed by atoms with E-state index >= 15 is 0 Å². The third-order valence-electron chi connectivity index (χ3n) is 1.69. The third kappa shape index (κ3) is 2.95. The Morgan fingerprint density at radius 3 is 2.53 bits per heavy atom. The van der Waals surface area contributed by atoms with Gasteiger partial charge in [-0.3, -0.25) is 0 Å². The molecule has 2 aromatic rings. The van der Waals surface area contributed by atoms with Crippen LogP contribution in [0.1, 0.15) is 5.82 Å². The van der Waals surface area contributed by atoms with Gasteiger partial charge in [-0.1, -0.05) is 12.1 Å². The van der Waals surface area contributed by atoms with Crippen LogP contribution in [-0.4, -0.2) is 9.36 Å². The van der Waals surface area contributed by atoms with Gasteiger partial charge in [0.05, 0.1) is 4.47 Å². The highest BCUT2D eigenvalue weighted by Crippen LogP contribution is 2.33. The lowest BCUT2D eigenvalue weighted by Gasteiger charge is -2.02. The number of para-hydroxylation sites is 1. The summed E-state index contributed by atoms with van der Waals surface area (Å²) in [6.45, 7) is 0. The van der Waals surface area contributed by atoms with Crippen LogP contribution in [0.4, 0.5) is 13.2 Å². The fourth-order valence-electron chi connectivity index (χ4n) is 0.988. The molecule has 0 saturated carbocycles. The predicted molar refractivity (Wildman–Crippen MR) is 59.1 cm³/mol. The lowest BCUT2D eigenvalue weighted by molar-refractivity contribution is -0.144. The maximum absolute atomic E-state index is 12.2. The highest BCUT2D eigenvalue weighted by molar-refractivity contribution is 9.10. The molecule has 0 radical (unpaired) electrons. The number of hydrogen-bond donors (Lipinski definition) is 0. The van der Waals surface area contributed by atoms with Crippen LogP contribution < -0.4 is 4.74 Å². The number of nitrogens with zero attached hydrogens (tertiary/aromatic N) is 2. The first-order chi connectivity index (χ1) is 7.97. The number of benzene rings is 1. The van der Waals surface area contributed by atoms with Gasteiger partial charge in [-0.25, -0.2) is 0 Å². The SMILES string of the molecule is FC(F)(F)c1nsc(Oc2ccccc2Br)n1. The summed E-state index contributed by atoms with van der Waals surface area (Å²) in [7, 11) is 0. The molecule has 0 N–H and O–H groups in total. The maximum Gasteiger partial charge on any atom is 0.452 e. The van der Waals surface area contributed by atoms with Crippen molar-refractivity contribution in [3.63, 3.8) is 0 Å². The van der Waals surface area contributed by atoms with E-state index in [1.54, 1.807) is 24.3 Å². The van der Waals surface area contributed by atoms with Crippen molar-refractivity contribution >= 4 is 27.5 Å². The van der Waals surface area contributed by atoms with E-state index in [9.17, 15) is 13.2 Å². The van der Waals surface area contributed by atoms with E-state index in [0.29, 0.717) is 21.8 Å². The summed E-state index contributed by atoms with van der Waals surface area (Å²) in [4.78, 5) is 3.26. The van der Waals surface area contributed by atoms with E-state index in [0.717, 1.165) is 0 Å². The van der Waals surface area contributed by atoms with Crippen LogP contribution in [0.3, 0.4) is 0 Å². The van der Waals surface area contributed by atoms with Gasteiger partial charge < -0.3 is 4.74 Å². The molecular weight excluding hydrogens is 321 g/mol. The van der Waals surface area contributed by atoms with Crippen LogP contribution in [0.5, 0.6) is 10.9 Å². The molecule has 0 unspecified atom stereocenters. The lowest BCUT2D eigenvalue weighted by atomic mass is 10.3. The van der Waals surface area contributed by atoms with Crippen molar-refractivity contribution in [2.45, 2.75) is 6.18 Å². The second-order valence-corrected chi connectivity index (χ2v) is 4.48. The maximum atomic E-state index is 12.2.